The number of pyridine rings is 10. The van der Waals surface area contributed by atoms with Crippen LogP contribution in [0.25, 0.3) is 65.6 Å². The zero-order chi connectivity index (χ0) is 89.3. The van der Waals surface area contributed by atoms with Crippen LogP contribution in [0.15, 0.2) is 110 Å². The van der Waals surface area contributed by atoms with Gasteiger partial charge in [-0.25, -0.2) is 49.8 Å². The lowest BCUT2D eigenvalue weighted by Crippen LogP contribution is -2.29. The van der Waals surface area contributed by atoms with Crippen LogP contribution in [0.4, 0.5) is 69.8 Å². The van der Waals surface area contributed by atoms with Crippen LogP contribution in [0.2, 0.25) is 0 Å². The van der Waals surface area contributed by atoms with Gasteiger partial charge in [0.1, 0.15) is 72.7 Å². The number of nitrogens with zero attached hydrogens (tertiary/aromatic N) is 20. The van der Waals surface area contributed by atoms with E-state index in [0.717, 1.165) is 125 Å². The van der Waals surface area contributed by atoms with Crippen molar-refractivity contribution in [2.45, 2.75) is 105 Å². The van der Waals surface area contributed by atoms with Gasteiger partial charge in [0.05, 0.1) is 61.0 Å². The largest absolute Gasteiger partial charge is 0.487 e. The normalized spacial score (nSPS) is 16.2. The van der Waals surface area contributed by atoms with E-state index >= 15 is 0 Å². The number of carbonyl (C=O) groups excluding carboxylic acids is 4. The summed E-state index contributed by atoms with van der Waals surface area (Å²) in [5, 5.41) is 43.2. The Hall–Kier alpha value is -16.0. The molecule has 0 aliphatic carbocycles. The van der Waals surface area contributed by atoms with Gasteiger partial charge in [-0.2, -0.15) is 20.4 Å². The van der Waals surface area contributed by atoms with Crippen LogP contribution in [-0.4, -0.2) is 189 Å². The third kappa shape index (κ3) is 18.2. The molecular formula is C90H94N30O8. The van der Waals surface area contributed by atoms with Crippen molar-refractivity contribution in [3.63, 3.8) is 0 Å². The molecule has 4 amide bonds. The number of anilines is 12. The first-order chi connectivity index (χ1) is 61.8. The van der Waals surface area contributed by atoms with Crippen molar-refractivity contribution in [2.24, 2.45) is 11.8 Å². The van der Waals surface area contributed by atoms with Gasteiger partial charge in [-0.15, -0.1) is 12.8 Å². The second kappa shape index (κ2) is 35.7. The first-order valence-corrected chi connectivity index (χ1v) is 41.8. The predicted octanol–water partition coefficient (Wildman–Crippen LogP) is 9.01. The van der Waals surface area contributed by atoms with Crippen LogP contribution in [0, 0.1) is 50.4 Å². The van der Waals surface area contributed by atoms with Gasteiger partial charge in [0.2, 0.25) is 23.6 Å². The highest BCUT2D eigenvalue weighted by molar-refractivity contribution is 5.98. The van der Waals surface area contributed by atoms with Gasteiger partial charge >= 0.3 is 0 Å². The molecule has 14 aromatic heterocycles. The van der Waals surface area contributed by atoms with Crippen molar-refractivity contribution in [3.05, 3.63) is 155 Å². The van der Waals surface area contributed by atoms with Gasteiger partial charge in [-0.3, -0.25) is 37.9 Å². The minimum Gasteiger partial charge on any atom is -0.487 e. The van der Waals surface area contributed by atoms with Crippen molar-refractivity contribution in [1.82, 2.24) is 109 Å². The van der Waals surface area contributed by atoms with Crippen LogP contribution in [0.1, 0.15) is 84.8 Å². The standard InChI is InChI=1S/2C26H28N8O3.2C19H19N7O/c2*1-14-12-36-24-15(2)18(9-29-26(24)37-13-14)20-6-16-7-21(28-10-19(16)25(27)30-20)31-22-8-17-4-5-33(3)23(35)11-34(17)32-22;2*1-3-11(2)15-6-12-7-16(22-9-14(12)19(20)23-15)24-17-8-13-4-5-21-18(27)10-26(13)25-17/h2*6-10,14H,4-5,11-13H2,1-3H3,(H2,27,30)(H,28,31,32);2*1,6-9,11H,4-5,10H2,2H3,(H2,20,23)(H,21,27)(H,22,24,25)/t2*14-;2*11-/m1010/s1. The number of aromatic nitrogens is 18. The van der Waals surface area contributed by atoms with E-state index < -0.39 is 0 Å². The summed E-state index contributed by atoms with van der Waals surface area (Å²) < 4.78 is 30.6. The summed E-state index contributed by atoms with van der Waals surface area (Å²) in [7, 11) is 3.62. The molecule has 0 bridgehead atoms. The van der Waals surface area contributed by atoms with Gasteiger partial charge in [0.25, 0.3) is 11.8 Å². The third-order valence-corrected chi connectivity index (χ3v) is 22.8. The highest BCUT2D eigenvalue weighted by Gasteiger charge is 2.28. The molecule has 38 nitrogen and oxygen atoms in total. The van der Waals surface area contributed by atoms with E-state index in [1.807, 2.05) is 115 Å². The zero-order valence-electron chi connectivity index (χ0n) is 71.7. The summed E-state index contributed by atoms with van der Waals surface area (Å²) in [5.74, 6) is 14.6. The minimum atomic E-state index is -0.128. The second-order valence-electron chi connectivity index (χ2n) is 32.5. The Morgan fingerprint density at radius 3 is 1.09 bits per heavy atom. The Labute approximate surface area is 734 Å². The maximum absolute atomic E-state index is 12.2. The van der Waals surface area contributed by atoms with Gasteiger partial charge in [0, 0.05) is 206 Å². The fourth-order valence-corrected chi connectivity index (χ4v) is 15.4. The third-order valence-electron chi connectivity index (χ3n) is 22.8. The molecule has 14 aromatic rings. The van der Waals surface area contributed by atoms with Crippen molar-refractivity contribution >= 4 is 137 Å². The fraction of sp³-hybridized carbons (Fsp3) is 0.311. The summed E-state index contributed by atoms with van der Waals surface area (Å²) in [6.45, 7) is 17.6. The predicted molar refractivity (Wildman–Crippen MR) is 485 cm³/mol. The van der Waals surface area contributed by atoms with Gasteiger partial charge in [0.15, 0.2) is 34.8 Å². The summed E-state index contributed by atoms with van der Waals surface area (Å²) in [4.78, 5) is 96.0. The van der Waals surface area contributed by atoms with E-state index in [-0.39, 0.29) is 73.5 Å². The number of terminal acetylenes is 2. The quantitative estimate of drug-likeness (QED) is 0.0510. The molecular weight excluding hydrogens is 1630 g/mol. The molecule has 128 heavy (non-hydrogen) atoms. The van der Waals surface area contributed by atoms with E-state index in [0.29, 0.717) is 157 Å². The number of likely N-dealkylation sites (N-methyl/N-ethyl adjacent to an activating group) is 2. The van der Waals surface area contributed by atoms with E-state index in [1.54, 1.807) is 65.7 Å². The number of ether oxygens (including phenoxy) is 4. The smallest absolute Gasteiger partial charge is 0.257 e. The number of nitrogens with one attached hydrogen (secondary N) is 6. The maximum Gasteiger partial charge on any atom is 0.257 e. The Morgan fingerprint density at radius 1 is 0.414 bits per heavy atom. The van der Waals surface area contributed by atoms with Gasteiger partial charge in [-0.1, -0.05) is 25.7 Å². The Balaban J connectivity index is 0.000000121. The van der Waals surface area contributed by atoms with E-state index in [2.05, 4.69) is 128 Å². The molecule has 652 valence electrons. The lowest BCUT2D eigenvalue weighted by atomic mass is 10.0. The van der Waals surface area contributed by atoms with Crippen molar-refractivity contribution in [1.29, 1.82) is 0 Å². The monoisotopic (exact) mass is 1720 g/mol. The molecule has 6 aliphatic rings. The molecule has 0 radical (unpaired) electrons. The minimum absolute atomic E-state index is 0.0367. The molecule has 0 fully saturated rings. The van der Waals surface area contributed by atoms with Crippen molar-refractivity contribution in [2.75, 3.05) is 111 Å². The highest BCUT2D eigenvalue weighted by Crippen LogP contribution is 2.42. The summed E-state index contributed by atoms with van der Waals surface area (Å²) in [6.07, 6.45) is 24.2. The number of amides is 4. The molecule has 0 spiro atoms. The average molecular weight is 1720 g/mol. The fourth-order valence-electron chi connectivity index (χ4n) is 15.4. The zero-order valence-corrected chi connectivity index (χ0v) is 71.7. The number of nitrogens with two attached hydrogens (primary N) is 4. The molecule has 20 rings (SSSR count). The molecule has 4 atom stereocenters. The number of carbonyl (C=O) groups is 4. The molecule has 38 heteroatoms. The summed E-state index contributed by atoms with van der Waals surface area (Å²) in [5.41, 5.74) is 35.1. The van der Waals surface area contributed by atoms with Crippen LogP contribution in [-0.2, 0) is 71.0 Å². The molecule has 0 saturated heterocycles. The highest BCUT2D eigenvalue weighted by atomic mass is 16.5. The van der Waals surface area contributed by atoms with Crippen LogP contribution in [0.3, 0.4) is 0 Å². The van der Waals surface area contributed by atoms with Gasteiger partial charge < -0.3 is 83.6 Å². The average Bonchev–Trinajstić information content (AvgIpc) is 1.29. The topological polar surface area (TPSA) is 488 Å². The summed E-state index contributed by atoms with van der Waals surface area (Å²) >= 11 is 0. The number of nitrogen functional groups attached to an aromatic ring is 4. The number of hydrogen-bond acceptors (Lipinski definition) is 30. The Bertz CT molecular complexity index is 6420. The molecule has 0 unspecified atom stereocenters. The lowest BCUT2D eigenvalue weighted by molar-refractivity contribution is -0.131. The number of rotatable bonds is 12. The number of fused-ring (bicyclic) bond motifs is 10. The molecule has 6 aliphatic heterocycles. The second-order valence-corrected chi connectivity index (χ2v) is 32.5. The Morgan fingerprint density at radius 2 is 0.734 bits per heavy atom. The Kier molecular flexibility index (Phi) is 23.5. The van der Waals surface area contributed by atoms with Crippen LogP contribution in [0.5, 0.6) is 23.3 Å². The van der Waals surface area contributed by atoms with Crippen molar-refractivity contribution in [3.8, 4) is 70.5 Å². The molecule has 14 N–H and O–H groups in total. The molecule has 0 aromatic carbocycles. The van der Waals surface area contributed by atoms with E-state index in [1.165, 1.54) is 0 Å². The number of hydrogen-bond donors (Lipinski definition) is 10. The maximum atomic E-state index is 12.2. The van der Waals surface area contributed by atoms with Crippen LogP contribution < -0.4 is 73.8 Å². The SMILES string of the molecule is C#C[C@@H](C)c1cc2cc(Nc3cc4n(n3)CC(=O)NCC4)ncc2c(N)n1.C#C[C@H](C)c1cc2cc(Nc3cc4n(n3)CC(=O)NCC4)ncc2c(N)n1.Cc1c(-c2cc3cc(Nc4cc5n(n4)CC(=O)N(C)CC5)ncc3c(N)n2)cnc2c1OC[C@@H](C)CO2.Cc1c(-c2cc3cc(Nc4cc5n(n4)CC(=O)N(C)CC5)ncc3c(N)n2)cnc2c1OC[C@H](C)CO2. The first-order valence-electron chi connectivity index (χ1n) is 41.8. The van der Waals surface area contributed by atoms with Crippen LogP contribution >= 0.6 is 0 Å². The van der Waals surface area contributed by atoms with E-state index in [4.69, 9.17) is 54.7 Å². The lowest BCUT2D eigenvalue weighted by Gasteiger charge is -2.14. The summed E-state index contributed by atoms with van der Waals surface area (Å²) in [6, 6.07) is 23.1. The first kappa shape index (κ1) is 84.2. The van der Waals surface area contributed by atoms with Gasteiger partial charge in [-0.05, 0) is 97.8 Å². The van der Waals surface area contributed by atoms with Crippen molar-refractivity contribution < 1.29 is 38.1 Å². The molecule has 0 saturated carbocycles. The molecule has 20 heterocycles. The van der Waals surface area contributed by atoms with E-state index in [9.17, 15) is 19.2 Å².